The molecule has 9 heteroatoms. The predicted octanol–water partition coefficient (Wildman–Crippen LogP) is 3.28. The highest BCUT2D eigenvalue weighted by atomic mass is 79.9. The zero-order valence-corrected chi connectivity index (χ0v) is 13.8. The molecule has 0 saturated carbocycles. The number of rotatable bonds is 5. The van der Waals surface area contributed by atoms with E-state index in [1.165, 1.54) is 43.5 Å². The lowest BCUT2D eigenvalue weighted by Gasteiger charge is -2.11. The third-order valence-electron chi connectivity index (χ3n) is 2.97. The molecule has 0 unspecified atom stereocenters. The van der Waals surface area contributed by atoms with Crippen LogP contribution in [0.1, 0.15) is 20.7 Å². The number of carboxylic acids is 1. The van der Waals surface area contributed by atoms with Gasteiger partial charge in [-0.25, -0.2) is 9.59 Å². The Bertz CT molecular complexity index is 817. The Labute approximate surface area is 143 Å². The molecular formula is C15H10BrNO7. The third kappa shape index (κ3) is 3.69. The number of esters is 1. The second kappa shape index (κ2) is 7.09. The predicted molar refractivity (Wildman–Crippen MR) is 85.7 cm³/mol. The third-order valence-corrected chi connectivity index (χ3v) is 3.42. The van der Waals surface area contributed by atoms with E-state index in [0.29, 0.717) is 4.47 Å². The van der Waals surface area contributed by atoms with Crippen LogP contribution in [0.15, 0.2) is 40.9 Å². The van der Waals surface area contributed by atoms with Crippen LogP contribution >= 0.6 is 15.9 Å². The second-order valence-corrected chi connectivity index (χ2v) is 5.40. The highest BCUT2D eigenvalue weighted by Gasteiger charge is 2.22. The Morgan fingerprint density at radius 3 is 2.25 bits per heavy atom. The first-order valence-electron chi connectivity index (χ1n) is 6.41. The highest BCUT2D eigenvalue weighted by molar-refractivity contribution is 9.10. The van der Waals surface area contributed by atoms with Gasteiger partial charge in [-0.2, -0.15) is 0 Å². The summed E-state index contributed by atoms with van der Waals surface area (Å²) < 4.78 is 10.5. The number of non-ortho nitro benzene ring substituents is 1. The molecule has 24 heavy (non-hydrogen) atoms. The van der Waals surface area contributed by atoms with Crippen molar-refractivity contribution >= 4 is 33.6 Å². The van der Waals surface area contributed by atoms with Crippen LogP contribution in [-0.2, 0) is 0 Å². The summed E-state index contributed by atoms with van der Waals surface area (Å²) in [7, 11) is 1.23. The molecule has 0 aliphatic heterocycles. The van der Waals surface area contributed by atoms with Crippen molar-refractivity contribution in [2.24, 2.45) is 0 Å². The van der Waals surface area contributed by atoms with E-state index in [1.54, 1.807) is 0 Å². The normalized spacial score (nSPS) is 10.1. The lowest BCUT2D eigenvalue weighted by Crippen LogP contribution is -2.13. The molecule has 2 aromatic rings. The number of aromatic carboxylic acids is 1. The largest absolute Gasteiger partial charge is 0.495 e. The van der Waals surface area contributed by atoms with Crippen LogP contribution in [0.3, 0.4) is 0 Å². The number of methoxy groups -OCH3 is 1. The van der Waals surface area contributed by atoms with Gasteiger partial charge in [0.05, 0.1) is 12.0 Å². The Balaban J connectivity index is 2.35. The quantitative estimate of drug-likeness (QED) is 0.357. The van der Waals surface area contributed by atoms with Crippen molar-refractivity contribution in [3.63, 3.8) is 0 Å². The van der Waals surface area contributed by atoms with Gasteiger partial charge >= 0.3 is 11.9 Å². The van der Waals surface area contributed by atoms with Crippen LogP contribution in [0.4, 0.5) is 5.69 Å². The molecule has 0 radical (unpaired) electrons. The molecule has 0 aromatic heterocycles. The number of nitro groups is 1. The van der Waals surface area contributed by atoms with Crippen molar-refractivity contribution in [1.29, 1.82) is 0 Å². The van der Waals surface area contributed by atoms with Gasteiger partial charge in [0.15, 0.2) is 0 Å². The van der Waals surface area contributed by atoms with Crippen molar-refractivity contribution in [2.45, 2.75) is 0 Å². The van der Waals surface area contributed by atoms with Gasteiger partial charge in [0.1, 0.15) is 22.6 Å². The lowest BCUT2D eigenvalue weighted by atomic mass is 10.1. The number of ether oxygens (including phenoxy) is 2. The second-order valence-electron chi connectivity index (χ2n) is 4.48. The van der Waals surface area contributed by atoms with Crippen molar-refractivity contribution in [1.82, 2.24) is 0 Å². The smallest absolute Gasteiger partial charge is 0.347 e. The minimum Gasteiger partial charge on any atom is -0.495 e. The van der Waals surface area contributed by atoms with E-state index in [1.807, 2.05) is 0 Å². The molecule has 0 amide bonds. The number of hydrogen-bond acceptors (Lipinski definition) is 6. The lowest BCUT2D eigenvalue weighted by molar-refractivity contribution is -0.384. The van der Waals surface area contributed by atoms with E-state index in [9.17, 15) is 24.8 Å². The van der Waals surface area contributed by atoms with E-state index < -0.39 is 16.9 Å². The highest BCUT2D eigenvalue weighted by Crippen LogP contribution is 2.30. The number of carbonyl (C=O) groups excluding carboxylic acids is 1. The number of halogens is 1. The molecule has 0 atom stereocenters. The van der Waals surface area contributed by atoms with Gasteiger partial charge in [-0.05, 0) is 24.3 Å². The fourth-order valence-corrected chi connectivity index (χ4v) is 2.38. The summed E-state index contributed by atoms with van der Waals surface area (Å²) in [5, 5.41) is 19.8. The van der Waals surface area contributed by atoms with Crippen LogP contribution < -0.4 is 9.47 Å². The number of hydrogen-bond donors (Lipinski definition) is 1. The average molecular weight is 396 g/mol. The molecule has 0 heterocycles. The van der Waals surface area contributed by atoms with Crippen LogP contribution in [-0.4, -0.2) is 29.1 Å². The summed E-state index contributed by atoms with van der Waals surface area (Å²) >= 11 is 3.12. The maximum absolute atomic E-state index is 12.3. The van der Waals surface area contributed by atoms with Crippen molar-refractivity contribution < 1.29 is 29.1 Å². The molecule has 8 nitrogen and oxygen atoms in total. The molecule has 0 spiro atoms. The maximum atomic E-state index is 12.3. The molecular weight excluding hydrogens is 386 g/mol. The summed E-state index contributed by atoms with van der Waals surface area (Å²) in [5.74, 6) is -2.19. The van der Waals surface area contributed by atoms with E-state index in [4.69, 9.17) is 9.47 Å². The monoisotopic (exact) mass is 395 g/mol. The summed E-state index contributed by atoms with van der Waals surface area (Å²) in [6.45, 7) is 0. The molecule has 124 valence electrons. The van der Waals surface area contributed by atoms with Gasteiger partial charge in [-0.15, -0.1) is 0 Å². The molecule has 0 saturated heterocycles. The van der Waals surface area contributed by atoms with Gasteiger partial charge in [-0.3, -0.25) is 10.1 Å². The number of nitro benzene ring substituents is 1. The first-order valence-corrected chi connectivity index (χ1v) is 7.20. The fourth-order valence-electron chi connectivity index (χ4n) is 1.92. The maximum Gasteiger partial charge on any atom is 0.347 e. The van der Waals surface area contributed by atoms with Gasteiger partial charge in [0.2, 0.25) is 0 Å². The number of carbonyl (C=O) groups is 2. The van der Waals surface area contributed by atoms with Crippen molar-refractivity contribution in [2.75, 3.05) is 7.11 Å². The van der Waals surface area contributed by atoms with Crippen LogP contribution in [0.2, 0.25) is 0 Å². The van der Waals surface area contributed by atoms with E-state index in [-0.39, 0.29) is 28.3 Å². The summed E-state index contributed by atoms with van der Waals surface area (Å²) in [6, 6.07) is 7.55. The molecule has 1 N–H and O–H groups in total. The Hall–Kier alpha value is -2.94. The number of benzene rings is 2. The molecule has 0 fully saturated rings. The number of nitrogens with zero attached hydrogens (tertiary/aromatic N) is 1. The van der Waals surface area contributed by atoms with Gasteiger partial charge < -0.3 is 14.6 Å². The summed E-state index contributed by atoms with van der Waals surface area (Å²) in [6.07, 6.45) is 0. The van der Waals surface area contributed by atoms with E-state index >= 15 is 0 Å². The topological polar surface area (TPSA) is 116 Å². The van der Waals surface area contributed by atoms with Gasteiger partial charge in [-0.1, -0.05) is 15.9 Å². The fraction of sp³-hybridized carbons (Fsp3) is 0.0667. The zero-order chi connectivity index (χ0) is 17.9. The minimum atomic E-state index is -1.27. The molecule has 0 bridgehead atoms. The average Bonchev–Trinajstić information content (AvgIpc) is 2.54. The van der Waals surface area contributed by atoms with Crippen LogP contribution in [0, 0.1) is 10.1 Å². The van der Waals surface area contributed by atoms with E-state index in [2.05, 4.69) is 15.9 Å². The van der Waals surface area contributed by atoms with E-state index in [0.717, 1.165) is 0 Å². The zero-order valence-electron chi connectivity index (χ0n) is 12.2. The number of carboxylic acid groups (broad SMARTS) is 1. The van der Waals surface area contributed by atoms with Gasteiger partial charge in [0.25, 0.3) is 5.69 Å². The first-order chi connectivity index (χ1) is 11.3. The van der Waals surface area contributed by atoms with Crippen LogP contribution in [0.5, 0.6) is 11.5 Å². The molecule has 0 aliphatic carbocycles. The standard InChI is InChI=1S/C15H10BrNO7/c1-23-13-11(14(18)19)6-8(16)7-12(13)15(20)24-10-4-2-9(3-5-10)17(21)22/h2-7H,1H3,(H,18,19). The molecule has 2 aromatic carbocycles. The summed E-state index contributed by atoms with van der Waals surface area (Å²) in [5.41, 5.74) is -0.451. The Kier molecular flexibility index (Phi) is 5.14. The minimum absolute atomic E-state index is 0.0736. The van der Waals surface area contributed by atoms with Gasteiger partial charge in [0, 0.05) is 16.6 Å². The SMILES string of the molecule is COc1c(C(=O)O)cc(Br)cc1C(=O)Oc1ccc([N+](=O)[O-])cc1. The molecule has 2 rings (SSSR count). The Morgan fingerprint density at radius 1 is 1.17 bits per heavy atom. The Morgan fingerprint density at radius 2 is 1.75 bits per heavy atom. The van der Waals surface area contributed by atoms with Crippen LogP contribution in [0.25, 0.3) is 0 Å². The van der Waals surface area contributed by atoms with Crippen molar-refractivity contribution in [3.8, 4) is 11.5 Å². The van der Waals surface area contributed by atoms with Crippen molar-refractivity contribution in [3.05, 3.63) is 62.1 Å². The molecule has 0 aliphatic rings. The first kappa shape index (κ1) is 17.4. The summed E-state index contributed by atoms with van der Waals surface area (Å²) in [4.78, 5) is 33.6.